The van der Waals surface area contributed by atoms with Gasteiger partial charge in [0, 0.05) is 6.42 Å². The van der Waals surface area contributed by atoms with Crippen molar-refractivity contribution in [3.05, 3.63) is 60.2 Å². The van der Waals surface area contributed by atoms with Gasteiger partial charge in [-0.25, -0.2) is 0 Å². The molecule has 166 valence electrons. The third kappa shape index (κ3) is 10.9. The van der Waals surface area contributed by atoms with E-state index in [1.54, 1.807) is 0 Å². The molecule has 0 aliphatic carbocycles. The van der Waals surface area contributed by atoms with E-state index in [0.717, 1.165) is 18.8 Å². The van der Waals surface area contributed by atoms with Crippen LogP contribution in [0.4, 0.5) is 0 Å². The number of hydrogen-bond acceptors (Lipinski definition) is 4. The van der Waals surface area contributed by atoms with Gasteiger partial charge >= 0.3 is 0 Å². The molecule has 1 heterocycles. The zero-order valence-electron chi connectivity index (χ0n) is 19.4. The number of rotatable bonds is 7. The smallest absolute Gasteiger partial charge is 0.104 e. The largest absolute Gasteiger partial charge is 0.390 e. The molecule has 2 aromatic rings. The fourth-order valence-electron chi connectivity index (χ4n) is 2.65. The summed E-state index contributed by atoms with van der Waals surface area (Å²) in [5, 5.41) is 10.0. The van der Waals surface area contributed by atoms with Gasteiger partial charge in [0.25, 0.3) is 0 Å². The van der Waals surface area contributed by atoms with Crippen LogP contribution in [0.3, 0.4) is 0 Å². The van der Waals surface area contributed by atoms with Gasteiger partial charge in [0.2, 0.25) is 0 Å². The molecule has 0 bridgehead atoms. The molecule has 2 aromatic carbocycles. The van der Waals surface area contributed by atoms with Crippen molar-refractivity contribution in [2.24, 2.45) is 0 Å². The van der Waals surface area contributed by atoms with Crippen molar-refractivity contribution in [2.75, 3.05) is 19.8 Å². The van der Waals surface area contributed by atoms with E-state index in [9.17, 15) is 5.11 Å². The lowest BCUT2D eigenvalue weighted by molar-refractivity contribution is -0.0482. The van der Waals surface area contributed by atoms with Crippen LogP contribution in [-0.2, 0) is 20.6 Å². The first-order valence-electron chi connectivity index (χ1n) is 10.7. The van der Waals surface area contributed by atoms with Gasteiger partial charge in [-0.3, -0.25) is 0 Å². The van der Waals surface area contributed by atoms with Crippen LogP contribution in [0.1, 0.15) is 47.1 Å². The fourth-order valence-corrected chi connectivity index (χ4v) is 2.65. The minimum atomic E-state index is -0.466. The molecule has 1 aliphatic rings. The Labute approximate surface area is 182 Å². The molecule has 4 heteroatoms. The second-order valence-electron chi connectivity index (χ2n) is 9.72. The molecule has 3 rings (SSSR count). The maximum atomic E-state index is 10.0. The minimum Gasteiger partial charge on any atom is -0.390 e. The summed E-state index contributed by atoms with van der Waals surface area (Å²) in [6, 6.07) is 18.6. The lowest BCUT2D eigenvalue weighted by Gasteiger charge is -2.22. The van der Waals surface area contributed by atoms with E-state index in [4.69, 9.17) is 14.2 Å². The van der Waals surface area contributed by atoms with Crippen molar-refractivity contribution in [3.8, 4) is 11.1 Å². The van der Waals surface area contributed by atoms with E-state index in [0.29, 0.717) is 19.1 Å². The van der Waals surface area contributed by atoms with Crippen molar-refractivity contribution < 1.29 is 19.3 Å². The van der Waals surface area contributed by atoms with Crippen LogP contribution >= 0.6 is 0 Å². The molecule has 0 radical (unpaired) electrons. The number of epoxide rings is 1. The summed E-state index contributed by atoms with van der Waals surface area (Å²) < 4.78 is 16.0. The van der Waals surface area contributed by atoms with Gasteiger partial charge in [0.15, 0.2) is 0 Å². The Morgan fingerprint density at radius 1 is 0.867 bits per heavy atom. The average Bonchev–Trinajstić information content (AvgIpc) is 3.50. The van der Waals surface area contributed by atoms with Crippen LogP contribution in [0, 0.1) is 0 Å². The number of ether oxygens (including phenoxy) is 3. The quantitative estimate of drug-likeness (QED) is 0.627. The zero-order chi connectivity index (χ0) is 22.2. The van der Waals surface area contributed by atoms with Crippen molar-refractivity contribution >= 4 is 0 Å². The lowest BCUT2D eigenvalue weighted by Crippen LogP contribution is -2.27. The third-order valence-corrected chi connectivity index (χ3v) is 4.35. The summed E-state index contributed by atoms with van der Waals surface area (Å²) >= 11 is 0. The number of hydrogen-bond donors (Lipinski definition) is 1. The van der Waals surface area contributed by atoms with Crippen LogP contribution in [-0.4, -0.2) is 48.3 Å². The van der Waals surface area contributed by atoms with Crippen molar-refractivity contribution in [2.45, 2.75) is 71.4 Å². The van der Waals surface area contributed by atoms with Gasteiger partial charge in [0.1, 0.15) is 6.10 Å². The number of aliphatic hydroxyl groups is 1. The van der Waals surface area contributed by atoms with E-state index in [-0.39, 0.29) is 11.2 Å². The van der Waals surface area contributed by atoms with Gasteiger partial charge in [-0.1, -0.05) is 54.6 Å². The average molecular weight is 415 g/mol. The normalized spacial score (nSPS) is 17.1. The van der Waals surface area contributed by atoms with E-state index >= 15 is 0 Å². The van der Waals surface area contributed by atoms with Crippen LogP contribution in [0.25, 0.3) is 11.1 Å². The van der Waals surface area contributed by atoms with Crippen LogP contribution in [0.15, 0.2) is 54.6 Å². The highest BCUT2D eigenvalue weighted by atomic mass is 16.6. The molecule has 1 saturated heterocycles. The SMILES string of the molecule is CC(C)(C)OC[C@@H](O)Cc1ccc(-c2ccccc2)cc1.CC(C)(C)OC[C@@H]1CO1. The molecule has 0 amide bonds. The van der Waals surface area contributed by atoms with Crippen LogP contribution < -0.4 is 0 Å². The maximum absolute atomic E-state index is 10.0. The second-order valence-corrected chi connectivity index (χ2v) is 9.72. The minimum absolute atomic E-state index is 0.00799. The molecule has 1 aliphatic heterocycles. The summed E-state index contributed by atoms with van der Waals surface area (Å²) in [4.78, 5) is 0. The lowest BCUT2D eigenvalue weighted by atomic mass is 10.0. The summed E-state index contributed by atoms with van der Waals surface area (Å²) in [7, 11) is 0. The highest BCUT2D eigenvalue weighted by molar-refractivity contribution is 5.63. The monoisotopic (exact) mass is 414 g/mol. The summed E-state index contributed by atoms with van der Waals surface area (Å²) in [6.45, 7) is 14.1. The van der Waals surface area contributed by atoms with Crippen molar-refractivity contribution in [1.29, 1.82) is 0 Å². The first-order chi connectivity index (χ1) is 14.0. The Balaban J connectivity index is 0.000000297. The first kappa shape index (κ1) is 24.5. The molecular formula is C26H38O4. The van der Waals surface area contributed by atoms with E-state index in [2.05, 4.69) is 57.2 Å². The van der Waals surface area contributed by atoms with E-state index < -0.39 is 6.10 Å². The molecule has 2 atom stereocenters. The highest BCUT2D eigenvalue weighted by Gasteiger charge is 2.24. The standard InChI is InChI=1S/C19H24O2.C7H14O2/c1-19(2,3)21-14-18(20)13-15-9-11-17(12-10-15)16-7-5-4-6-8-16;1-7(2,3)9-5-6-4-8-6/h4-12,18,20H,13-14H2,1-3H3;6H,4-5H2,1-3H3/t18-;6-/m00/s1. The Kier molecular flexibility index (Phi) is 9.05. The van der Waals surface area contributed by atoms with Gasteiger partial charge in [-0.15, -0.1) is 0 Å². The Hall–Kier alpha value is -1.72. The summed E-state index contributed by atoms with van der Waals surface area (Å²) in [5.74, 6) is 0. The molecule has 30 heavy (non-hydrogen) atoms. The van der Waals surface area contributed by atoms with E-state index in [1.807, 2.05) is 39.0 Å². The number of benzene rings is 2. The van der Waals surface area contributed by atoms with Gasteiger partial charge in [0.05, 0.1) is 37.1 Å². The molecule has 1 fully saturated rings. The summed E-state index contributed by atoms with van der Waals surface area (Å²) in [6.07, 6.45) is 0.543. The molecule has 0 saturated carbocycles. The molecule has 0 unspecified atom stereocenters. The van der Waals surface area contributed by atoms with Gasteiger partial charge in [-0.05, 0) is 58.2 Å². The topological polar surface area (TPSA) is 51.2 Å². The Bertz CT molecular complexity index is 722. The third-order valence-electron chi connectivity index (χ3n) is 4.35. The molecular weight excluding hydrogens is 376 g/mol. The zero-order valence-corrected chi connectivity index (χ0v) is 19.4. The highest BCUT2D eigenvalue weighted by Crippen LogP contribution is 2.20. The van der Waals surface area contributed by atoms with Gasteiger partial charge in [-0.2, -0.15) is 0 Å². The Morgan fingerprint density at radius 2 is 1.40 bits per heavy atom. The maximum Gasteiger partial charge on any atom is 0.104 e. The predicted molar refractivity (Wildman–Crippen MR) is 123 cm³/mol. The van der Waals surface area contributed by atoms with Crippen molar-refractivity contribution in [3.63, 3.8) is 0 Å². The fraction of sp³-hybridized carbons (Fsp3) is 0.538. The predicted octanol–water partition coefficient (Wildman–Crippen LogP) is 5.27. The van der Waals surface area contributed by atoms with Crippen molar-refractivity contribution in [1.82, 2.24) is 0 Å². The molecule has 0 aromatic heterocycles. The first-order valence-corrected chi connectivity index (χ1v) is 10.7. The second kappa shape index (κ2) is 11.1. The molecule has 1 N–H and O–H groups in total. The van der Waals surface area contributed by atoms with Crippen LogP contribution in [0.2, 0.25) is 0 Å². The van der Waals surface area contributed by atoms with Gasteiger partial charge < -0.3 is 19.3 Å². The summed E-state index contributed by atoms with van der Waals surface area (Å²) in [5.41, 5.74) is 3.31. The Morgan fingerprint density at radius 3 is 1.90 bits per heavy atom. The molecule has 0 spiro atoms. The molecule has 4 nitrogen and oxygen atoms in total. The van der Waals surface area contributed by atoms with E-state index in [1.165, 1.54) is 11.1 Å². The van der Waals surface area contributed by atoms with Crippen LogP contribution in [0.5, 0.6) is 0 Å². The number of aliphatic hydroxyl groups excluding tert-OH is 1.